The molecule has 0 aliphatic heterocycles. The van der Waals surface area contributed by atoms with Crippen LogP contribution in [0.15, 0.2) is 29.3 Å². The van der Waals surface area contributed by atoms with Gasteiger partial charge in [0.2, 0.25) is 5.91 Å². The van der Waals surface area contributed by atoms with E-state index in [0.29, 0.717) is 12.5 Å². The summed E-state index contributed by atoms with van der Waals surface area (Å²) in [7, 11) is 1.65. The standard InChI is InChI=1S/C19H32N4O.HI/c1-7-21-18(23-13-19(4,5)17(24)20-6)22-12-15(3)16-10-8-14(2)9-11-16;/h8-11,15H,7,12-13H2,1-6H3,(H,20,24)(H2,21,22,23);1H. The minimum atomic E-state index is -0.528. The summed E-state index contributed by atoms with van der Waals surface area (Å²) in [6.07, 6.45) is 0. The van der Waals surface area contributed by atoms with Crippen LogP contribution in [0, 0.1) is 12.3 Å². The quantitative estimate of drug-likeness (QED) is 0.333. The monoisotopic (exact) mass is 460 g/mol. The zero-order valence-corrected chi connectivity index (χ0v) is 18.6. The first-order valence-corrected chi connectivity index (χ1v) is 8.61. The SMILES string of the molecule is CCNC(=NCC(C)(C)C(=O)NC)NCC(C)c1ccc(C)cc1.I. The molecule has 142 valence electrons. The molecule has 1 aromatic rings. The molecular formula is C19H33IN4O. The van der Waals surface area contributed by atoms with Crippen LogP contribution in [0.1, 0.15) is 44.7 Å². The van der Waals surface area contributed by atoms with E-state index in [1.165, 1.54) is 11.1 Å². The van der Waals surface area contributed by atoms with Crippen molar-refractivity contribution < 1.29 is 4.79 Å². The summed E-state index contributed by atoms with van der Waals surface area (Å²) >= 11 is 0. The molecule has 1 atom stereocenters. The highest BCUT2D eigenvalue weighted by Crippen LogP contribution is 2.16. The average molecular weight is 460 g/mol. The van der Waals surface area contributed by atoms with Gasteiger partial charge in [0.05, 0.1) is 12.0 Å². The van der Waals surface area contributed by atoms with Gasteiger partial charge in [-0.3, -0.25) is 9.79 Å². The molecule has 0 aromatic heterocycles. The summed E-state index contributed by atoms with van der Waals surface area (Å²) < 4.78 is 0. The van der Waals surface area contributed by atoms with Crippen molar-refractivity contribution in [3.8, 4) is 0 Å². The predicted molar refractivity (Wildman–Crippen MR) is 117 cm³/mol. The maximum absolute atomic E-state index is 11.9. The number of rotatable bonds is 7. The number of nitrogens with zero attached hydrogens (tertiary/aromatic N) is 1. The van der Waals surface area contributed by atoms with E-state index < -0.39 is 5.41 Å². The molecule has 1 rings (SSSR count). The maximum atomic E-state index is 11.9. The van der Waals surface area contributed by atoms with Crippen LogP contribution in [0.5, 0.6) is 0 Å². The number of halogens is 1. The number of carbonyl (C=O) groups excluding carboxylic acids is 1. The van der Waals surface area contributed by atoms with E-state index in [1.807, 2.05) is 20.8 Å². The van der Waals surface area contributed by atoms with Gasteiger partial charge in [-0.2, -0.15) is 0 Å². The summed E-state index contributed by atoms with van der Waals surface area (Å²) in [5.74, 6) is 1.12. The molecule has 0 heterocycles. The van der Waals surface area contributed by atoms with E-state index in [2.05, 4.69) is 59.1 Å². The fourth-order valence-corrected chi connectivity index (χ4v) is 2.29. The van der Waals surface area contributed by atoms with Crippen molar-refractivity contribution in [2.75, 3.05) is 26.7 Å². The Morgan fingerprint density at radius 1 is 1.20 bits per heavy atom. The molecule has 0 aliphatic carbocycles. The number of hydrogen-bond donors (Lipinski definition) is 3. The Bertz CT molecular complexity index is 555. The second-order valence-corrected chi connectivity index (χ2v) is 6.85. The number of aliphatic imine (C=N–C) groups is 1. The first-order chi connectivity index (χ1) is 11.3. The highest BCUT2D eigenvalue weighted by atomic mass is 127. The van der Waals surface area contributed by atoms with Gasteiger partial charge in [0.1, 0.15) is 0 Å². The Kier molecular flexibility index (Phi) is 10.7. The number of hydrogen-bond acceptors (Lipinski definition) is 2. The molecule has 1 unspecified atom stereocenters. The Labute approximate surface area is 169 Å². The third-order valence-corrected chi connectivity index (χ3v) is 4.04. The number of benzene rings is 1. The van der Waals surface area contributed by atoms with Gasteiger partial charge in [-0.1, -0.05) is 36.8 Å². The van der Waals surface area contributed by atoms with Gasteiger partial charge in [-0.25, -0.2) is 0 Å². The number of nitrogens with one attached hydrogen (secondary N) is 3. The smallest absolute Gasteiger partial charge is 0.227 e. The fraction of sp³-hybridized carbons (Fsp3) is 0.579. The summed E-state index contributed by atoms with van der Waals surface area (Å²) in [5, 5.41) is 9.29. The molecule has 3 N–H and O–H groups in total. The van der Waals surface area contributed by atoms with E-state index in [4.69, 9.17) is 0 Å². The fourth-order valence-electron chi connectivity index (χ4n) is 2.29. The van der Waals surface area contributed by atoms with Crippen LogP contribution in [0.3, 0.4) is 0 Å². The van der Waals surface area contributed by atoms with Gasteiger partial charge >= 0.3 is 0 Å². The highest BCUT2D eigenvalue weighted by Gasteiger charge is 2.26. The van der Waals surface area contributed by atoms with Crippen LogP contribution in [-0.4, -0.2) is 38.5 Å². The topological polar surface area (TPSA) is 65.5 Å². The molecule has 0 aliphatic rings. The molecule has 5 nitrogen and oxygen atoms in total. The number of guanidine groups is 1. The largest absolute Gasteiger partial charge is 0.359 e. The lowest BCUT2D eigenvalue weighted by atomic mass is 9.93. The molecule has 1 aromatic carbocycles. The normalized spacial score (nSPS) is 12.8. The molecule has 0 saturated carbocycles. The van der Waals surface area contributed by atoms with Gasteiger partial charge in [0, 0.05) is 20.1 Å². The van der Waals surface area contributed by atoms with Crippen LogP contribution >= 0.6 is 24.0 Å². The molecule has 1 amide bonds. The van der Waals surface area contributed by atoms with Crippen LogP contribution in [-0.2, 0) is 4.79 Å². The number of aryl methyl sites for hydroxylation is 1. The number of carbonyl (C=O) groups is 1. The van der Waals surface area contributed by atoms with Crippen molar-refractivity contribution in [3.63, 3.8) is 0 Å². The summed E-state index contributed by atoms with van der Waals surface area (Å²) in [4.78, 5) is 16.4. The second-order valence-electron chi connectivity index (χ2n) is 6.85. The lowest BCUT2D eigenvalue weighted by Crippen LogP contribution is -2.41. The Morgan fingerprint density at radius 3 is 2.32 bits per heavy atom. The molecule has 0 radical (unpaired) electrons. The molecule has 0 saturated heterocycles. The zero-order chi connectivity index (χ0) is 18.2. The lowest BCUT2D eigenvalue weighted by molar-refractivity contribution is -0.128. The van der Waals surface area contributed by atoms with Crippen LogP contribution in [0.25, 0.3) is 0 Å². The molecule has 25 heavy (non-hydrogen) atoms. The summed E-state index contributed by atoms with van der Waals surface area (Å²) in [5.41, 5.74) is 2.04. The summed E-state index contributed by atoms with van der Waals surface area (Å²) in [6, 6.07) is 8.61. The zero-order valence-electron chi connectivity index (χ0n) is 16.3. The van der Waals surface area contributed by atoms with Gasteiger partial charge in [0.15, 0.2) is 5.96 Å². The third kappa shape index (κ3) is 8.07. The van der Waals surface area contributed by atoms with Gasteiger partial charge in [-0.05, 0) is 39.2 Å². The third-order valence-electron chi connectivity index (χ3n) is 4.04. The Hall–Kier alpha value is -1.31. The first-order valence-electron chi connectivity index (χ1n) is 8.61. The van der Waals surface area contributed by atoms with E-state index in [1.54, 1.807) is 7.05 Å². The van der Waals surface area contributed by atoms with Crippen molar-refractivity contribution in [2.24, 2.45) is 10.4 Å². The average Bonchev–Trinajstić information content (AvgIpc) is 2.56. The maximum Gasteiger partial charge on any atom is 0.227 e. The van der Waals surface area contributed by atoms with E-state index >= 15 is 0 Å². The van der Waals surface area contributed by atoms with Crippen molar-refractivity contribution in [1.82, 2.24) is 16.0 Å². The van der Waals surface area contributed by atoms with Gasteiger partial charge in [0.25, 0.3) is 0 Å². The Balaban J connectivity index is 0.00000576. The second kappa shape index (κ2) is 11.3. The molecule has 6 heteroatoms. The minimum absolute atomic E-state index is 0. The molecule has 0 fully saturated rings. The van der Waals surface area contributed by atoms with Crippen LogP contribution in [0.4, 0.5) is 0 Å². The van der Waals surface area contributed by atoms with Gasteiger partial charge < -0.3 is 16.0 Å². The van der Waals surface area contributed by atoms with E-state index in [9.17, 15) is 4.79 Å². The molecule has 0 spiro atoms. The summed E-state index contributed by atoms with van der Waals surface area (Å²) in [6.45, 7) is 12.1. The number of amides is 1. The lowest BCUT2D eigenvalue weighted by Gasteiger charge is -2.22. The minimum Gasteiger partial charge on any atom is -0.359 e. The Morgan fingerprint density at radius 2 is 1.80 bits per heavy atom. The highest BCUT2D eigenvalue weighted by molar-refractivity contribution is 14.0. The van der Waals surface area contributed by atoms with Crippen LogP contribution in [0.2, 0.25) is 0 Å². The van der Waals surface area contributed by atoms with E-state index in [-0.39, 0.29) is 29.9 Å². The van der Waals surface area contributed by atoms with Crippen molar-refractivity contribution >= 4 is 35.8 Å². The first kappa shape index (κ1) is 23.7. The van der Waals surface area contributed by atoms with Crippen LogP contribution < -0.4 is 16.0 Å². The molecule has 0 bridgehead atoms. The van der Waals surface area contributed by atoms with E-state index in [0.717, 1.165) is 19.0 Å². The van der Waals surface area contributed by atoms with Gasteiger partial charge in [-0.15, -0.1) is 24.0 Å². The molecular weight excluding hydrogens is 427 g/mol. The predicted octanol–water partition coefficient (Wildman–Crippen LogP) is 3.04. The van der Waals surface area contributed by atoms with Crippen molar-refractivity contribution in [3.05, 3.63) is 35.4 Å². The van der Waals surface area contributed by atoms with Crippen molar-refractivity contribution in [2.45, 2.75) is 40.5 Å². The van der Waals surface area contributed by atoms with Crippen molar-refractivity contribution in [1.29, 1.82) is 0 Å².